The Labute approximate surface area is 87.3 Å². The van der Waals surface area contributed by atoms with Crippen LogP contribution in [0.3, 0.4) is 0 Å². The molecule has 0 atom stereocenters. The van der Waals surface area contributed by atoms with Gasteiger partial charge in [0.15, 0.2) is 0 Å². The Morgan fingerprint density at radius 1 is 1.40 bits per heavy atom. The Hall–Kier alpha value is -1.62. The summed E-state index contributed by atoms with van der Waals surface area (Å²) in [7, 11) is 0. The molecule has 1 aromatic heterocycles. The van der Waals surface area contributed by atoms with Crippen LogP contribution >= 0.6 is 0 Å². The second-order valence-corrected chi connectivity index (χ2v) is 3.31. The van der Waals surface area contributed by atoms with Gasteiger partial charge in [0.2, 0.25) is 0 Å². The van der Waals surface area contributed by atoms with Crippen molar-refractivity contribution >= 4 is 11.7 Å². The van der Waals surface area contributed by atoms with Gasteiger partial charge in [-0.05, 0) is 12.1 Å². The minimum absolute atomic E-state index is 0.0759. The lowest BCUT2D eigenvalue weighted by Crippen LogP contribution is -2.36. The molecule has 0 saturated carbocycles. The minimum Gasteiger partial charge on any atom is -0.477 e. The van der Waals surface area contributed by atoms with E-state index in [9.17, 15) is 4.79 Å². The smallest absolute Gasteiger partial charge is 0.354 e. The van der Waals surface area contributed by atoms with Gasteiger partial charge in [-0.1, -0.05) is 0 Å². The Kier molecular flexibility index (Phi) is 2.82. The van der Waals surface area contributed by atoms with Crippen molar-refractivity contribution in [1.82, 2.24) is 4.98 Å². The van der Waals surface area contributed by atoms with E-state index in [4.69, 9.17) is 9.84 Å². The molecule has 1 aliphatic heterocycles. The van der Waals surface area contributed by atoms with Crippen molar-refractivity contribution in [2.45, 2.75) is 0 Å². The molecule has 0 spiro atoms. The number of carboxylic acids is 1. The highest BCUT2D eigenvalue weighted by molar-refractivity contribution is 5.85. The van der Waals surface area contributed by atoms with Gasteiger partial charge in [-0.15, -0.1) is 0 Å². The molecule has 0 aliphatic carbocycles. The third kappa shape index (κ3) is 2.24. The van der Waals surface area contributed by atoms with E-state index in [1.165, 1.54) is 6.07 Å². The molecule has 0 radical (unpaired) electrons. The number of hydrogen-bond donors (Lipinski definition) is 1. The molecular weight excluding hydrogens is 196 g/mol. The molecule has 5 heteroatoms. The topological polar surface area (TPSA) is 62.7 Å². The first-order valence-corrected chi connectivity index (χ1v) is 4.79. The van der Waals surface area contributed by atoms with E-state index in [0.29, 0.717) is 13.2 Å². The van der Waals surface area contributed by atoms with E-state index in [-0.39, 0.29) is 5.69 Å². The van der Waals surface area contributed by atoms with Crippen molar-refractivity contribution in [1.29, 1.82) is 0 Å². The Morgan fingerprint density at radius 3 is 2.67 bits per heavy atom. The fraction of sp³-hybridized carbons (Fsp3) is 0.400. The number of morpholine rings is 1. The van der Waals surface area contributed by atoms with E-state index in [0.717, 1.165) is 18.8 Å². The second kappa shape index (κ2) is 4.27. The van der Waals surface area contributed by atoms with Gasteiger partial charge in [0.05, 0.1) is 25.1 Å². The summed E-state index contributed by atoms with van der Waals surface area (Å²) in [4.78, 5) is 16.6. The summed E-state index contributed by atoms with van der Waals surface area (Å²) in [6.45, 7) is 3.07. The summed E-state index contributed by atoms with van der Waals surface area (Å²) < 4.78 is 5.23. The fourth-order valence-corrected chi connectivity index (χ4v) is 1.52. The third-order valence-electron chi connectivity index (χ3n) is 2.34. The lowest BCUT2D eigenvalue weighted by molar-refractivity contribution is 0.0690. The van der Waals surface area contributed by atoms with Gasteiger partial charge in [-0.25, -0.2) is 9.78 Å². The Balaban J connectivity index is 2.11. The van der Waals surface area contributed by atoms with Crippen LogP contribution in [0.5, 0.6) is 0 Å². The molecule has 5 nitrogen and oxygen atoms in total. The first-order chi connectivity index (χ1) is 7.27. The number of anilines is 1. The zero-order chi connectivity index (χ0) is 10.7. The number of carbonyl (C=O) groups is 1. The molecule has 0 aromatic carbocycles. The van der Waals surface area contributed by atoms with Crippen LogP contribution in [-0.4, -0.2) is 42.4 Å². The van der Waals surface area contributed by atoms with Crippen molar-refractivity contribution in [2.75, 3.05) is 31.2 Å². The molecule has 80 valence electrons. The van der Waals surface area contributed by atoms with Crippen molar-refractivity contribution < 1.29 is 14.6 Å². The maximum atomic E-state index is 10.6. The largest absolute Gasteiger partial charge is 0.477 e. The van der Waals surface area contributed by atoms with Crippen LogP contribution in [0.2, 0.25) is 0 Å². The summed E-state index contributed by atoms with van der Waals surface area (Å²) in [5, 5.41) is 8.69. The number of nitrogens with zero attached hydrogens (tertiary/aromatic N) is 2. The molecule has 2 rings (SSSR count). The molecular formula is C10H12N2O3. The zero-order valence-electron chi connectivity index (χ0n) is 8.22. The average molecular weight is 208 g/mol. The SMILES string of the molecule is O=C(O)c1ccc(N2CCOCC2)cn1. The van der Waals surface area contributed by atoms with Crippen LogP contribution in [0, 0.1) is 0 Å². The average Bonchev–Trinajstić information content (AvgIpc) is 2.30. The van der Waals surface area contributed by atoms with Gasteiger partial charge < -0.3 is 14.7 Å². The van der Waals surface area contributed by atoms with E-state index in [2.05, 4.69) is 9.88 Å². The highest BCUT2D eigenvalue weighted by Crippen LogP contribution is 2.14. The summed E-state index contributed by atoms with van der Waals surface area (Å²) >= 11 is 0. The molecule has 0 unspecified atom stereocenters. The molecule has 15 heavy (non-hydrogen) atoms. The first kappa shape index (κ1) is 9.92. The Bertz CT molecular complexity index is 344. The quantitative estimate of drug-likeness (QED) is 0.771. The normalized spacial score (nSPS) is 16.4. The molecule has 2 heterocycles. The summed E-state index contributed by atoms with van der Waals surface area (Å²) in [6, 6.07) is 3.30. The molecule has 1 saturated heterocycles. The molecule has 0 amide bonds. The monoisotopic (exact) mass is 208 g/mol. The molecule has 0 bridgehead atoms. The van der Waals surface area contributed by atoms with Crippen molar-refractivity contribution in [3.05, 3.63) is 24.0 Å². The van der Waals surface area contributed by atoms with Crippen LogP contribution in [0.4, 0.5) is 5.69 Å². The standard InChI is InChI=1S/C10H12N2O3/c13-10(14)9-2-1-8(7-11-9)12-3-5-15-6-4-12/h1-2,7H,3-6H2,(H,13,14). The van der Waals surface area contributed by atoms with Crippen LogP contribution in [0.1, 0.15) is 10.5 Å². The predicted molar refractivity (Wildman–Crippen MR) is 54.2 cm³/mol. The van der Waals surface area contributed by atoms with Gasteiger partial charge in [0, 0.05) is 13.1 Å². The molecule has 1 fully saturated rings. The number of aromatic carboxylic acids is 1. The summed E-state index contributed by atoms with van der Waals surface area (Å²) in [5.74, 6) is -0.997. The van der Waals surface area contributed by atoms with Crippen molar-refractivity contribution in [3.63, 3.8) is 0 Å². The Morgan fingerprint density at radius 2 is 2.13 bits per heavy atom. The number of aromatic nitrogens is 1. The second-order valence-electron chi connectivity index (χ2n) is 3.31. The molecule has 1 N–H and O–H groups in total. The van der Waals surface area contributed by atoms with Crippen LogP contribution in [0.25, 0.3) is 0 Å². The van der Waals surface area contributed by atoms with Crippen LogP contribution in [-0.2, 0) is 4.74 Å². The first-order valence-electron chi connectivity index (χ1n) is 4.79. The van der Waals surface area contributed by atoms with Gasteiger partial charge in [-0.2, -0.15) is 0 Å². The number of carboxylic acid groups (broad SMARTS) is 1. The third-order valence-corrected chi connectivity index (χ3v) is 2.34. The van der Waals surface area contributed by atoms with E-state index in [1.807, 2.05) is 0 Å². The van der Waals surface area contributed by atoms with Gasteiger partial charge >= 0.3 is 5.97 Å². The van der Waals surface area contributed by atoms with Crippen LogP contribution < -0.4 is 4.90 Å². The minimum atomic E-state index is -0.997. The van der Waals surface area contributed by atoms with E-state index >= 15 is 0 Å². The van der Waals surface area contributed by atoms with Gasteiger partial charge in [-0.3, -0.25) is 0 Å². The van der Waals surface area contributed by atoms with Crippen molar-refractivity contribution in [2.24, 2.45) is 0 Å². The summed E-state index contributed by atoms with van der Waals surface area (Å²) in [5.41, 5.74) is 1.02. The van der Waals surface area contributed by atoms with E-state index in [1.54, 1.807) is 12.3 Å². The van der Waals surface area contributed by atoms with Crippen molar-refractivity contribution in [3.8, 4) is 0 Å². The highest BCUT2D eigenvalue weighted by atomic mass is 16.5. The fourth-order valence-electron chi connectivity index (χ4n) is 1.52. The maximum Gasteiger partial charge on any atom is 0.354 e. The lowest BCUT2D eigenvalue weighted by atomic mass is 10.3. The summed E-state index contributed by atoms with van der Waals surface area (Å²) in [6.07, 6.45) is 1.59. The number of rotatable bonds is 2. The van der Waals surface area contributed by atoms with E-state index < -0.39 is 5.97 Å². The molecule has 1 aliphatic rings. The highest BCUT2D eigenvalue weighted by Gasteiger charge is 2.12. The number of hydrogen-bond acceptors (Lipinski definition) is 4. The van der Waals surface area contributed by atoms with Crippen LogP contribution in [0.15, 0.2) is 18.3 Å². The molecule has 1 aromatic rings. The number of ether oxygens (including phenoxy) is 1. The zero-order valence-corrected chi connectivity index (χ0v) is 8.22. The number of pyridine rings is 1. The maximum absolute atomic E-state index is 10.6. The van der Waals surface area contributed by atoms with Gasteiger partial charge in [0.25, 0.3) is 0 Å². The lowest BCUT2D eigenvalue weighted by Gasteiger charge is -2.28. The predicted octanol–water partition coefficient (Wildman–Crippen LogP) is 0.616. The van der Waals surface area contributed by atoms with Gasteiger partial charge in [0.1, 0.15) is 5.69 Å².